The Bertz CT molecular complexity index is 959. The Morgan fingerprint density at radius 3 is 2.71 bits per heavy atom. The number of carbonyl (C=O) groups is 1. The number of aromatic nitrogens is 2. The Morgan fingerprint density at radius 2 is 2.12 bits per heavy atom. The van der Waals surface area contributed by atoms with Gasteiger partial charge >= 0.3 is 5.69 Å². The minimum absolute atomic E-state index is 0.0209. The van der Waals surface area contributed by atoms with Crippen LogP contribution in [0.5, 0.6) is 0 Å². The largest absolute Gasteiger partial charge is 0.331 e. The van der Waals surface area contributed by atoms with Crippen LogP contribution >= 0.6 is 11.6 Å². The van der Waals surface area contributed by atoms with Gasteiger partial charge in [0, 0.05) is 12.7 Å². The Hall–Kier alpha value is -2.92. The second-order valence-corrected chi connectivity index (χ2v) is 5.19. The van der Waals surface area contributed by atoms with E-state index >= 15 is 0 Å². The van der Waals surface area contributed by atoms with Crippen LogP contribution in [0.2, 0.25) is 5.02 Å². The van der Waals surface area contributed by atoms with Gasteiger partial charge in [0.2, 0.25) is 5.91 Å². The molecule has 0 aliphatic rings. The maximum Gasteiger partial charge on any atom is 0.331 e. The van der Waals surface area contributed by atoms with E-state index in [1.807, 2.05) is 0 Å². The number of rotatable bonds is 4. The summed E-state index contributed by atoms with van der Waals surface area (Å²) >= 11 is 5.80. The first-order valence-electron chi connectivity index (χ1n) is 6.86. The van der Waals surface area contributed by atoms with Gasteiger partial charge in [-0.1, -0.05) is 11.6 Å². The number of hydrogen-bond donors (Lipinski definition) is 1. The molecule has 0 aliphatic carbocycles. The number of hydrogen-bond acceptors (Lipinski definition) is 4. The third kappa shape index (κ3) is 3.52. The van der Waals surface area contributed by atoms with Crippen molar-refractivity contribution < 1.29 is 9.18 Å². The lowest BCUT2D eigenvalue weighted by atomic mass is 10.3. The Kier molecular flexibility index (Phi) is 5.16. The number of aryl methyl sites for hydroxylation is 1. The zero-order chi connectivity index (χ0) is 17.9. The lowest BCUT2D eigenvalue weighted by Gasteiger charge is -2.10. The van der Waals surface area contributed by atoms with E-state index < -0.39 is 29.5 Å². The first-order chi connectivity index (χ1) is 11.4. The first-order valence-corrected chi connectivity index (χ1v) is 7.24. The second-order valence-electron chi connectivity index (χ2n) is 4.79. The number of nitrogens with one attached hydrogen (secondary N) is 1. The van der Waals surface area contributed by atoms with Crippen molar-refractivity contribution in [1.29, 1.82) is 5.26 Å². The fraction of sp³-hybridized carbons (Fsp3) is 0.200. The van der Waals surface area contributed by atoms with Crippen molar-refractivity contribution in [2.24, 2.45) is 0 Å². The predicted molar refractivity (Wildman–Crippen MR) is 85.4 cm³/mol. The Balaban J connectivity index is 2.34. The highest BCUT2D eigenvalue weighted by Crippen LogP contribution is 2.22. The van der Waals surface area contributed by atoms with Crippen molar-refractivity contribution in [3.63, 3.8) is 0 Å². The average Bonchev–Trinajstić information content (AvgIpc) is 2.54. The molecule has 7 nitrogen and oxygen atoms in total. The van der Waals surface area contributed by atoms with Gasteiger partial charge in [-0.25, -0.2) is 13.8 Å². The molecule has 0 saturated carbocycles. The van der Waals surface area contributed by atoms with Crippen LogP contribution in [0, 0.1) is 17.1 Å². The minimum atomic E-state index is -0.854. The Morgan fingerprint density at radius 1 is 1.42 bits per heavy atom. The highest BCUT2D eigenvalue weighted by molar-refractivity contribution is 6.33. The molecule has 0 unspecified atom stereocenters. The van der Waals surface area contributed by atoms with Gasteiger partial charge in [-0.15, -0.1) is 0 Å². The van der Waals surface area contributed by atoms with Crippen molar-refractivity contribution >= 4 is 23.2 Å². The number of nitrogens with zero attached hydrogens (tertiary/aromatic N) is 3. The second kappa shape index (κ2) is 7.10. The van der Waals surface area contributed by atoms with Crippen molar-refractivity contribution in [2.75, 3.05) is 5.32 Å². The summed E-state index contributed by atoms with van der Waals surface area (Å²) in [5.74, 6) is -1.28. The molecule has 0 bridgehead atoms. The smallest absolute Gasteiger partial charge is 0.323 e. The van der Waals surface area contributed by atoms with Crippen LogP contribution in [0.4, 0.5) is 10.1 Å². The quantitative estimate of drug-likeness (QED) is 0.899. The van der Waals surface area contributed by atoms with E-state index in [0.717, 1.165) is 22.9 Å². The highest BCUT2D eigenvalue weighted by Gasteiger charge is 2.14. The molecule has 1 aromatic carbocycles. The highest BCUT2D eigenvalue weighted by atomic mass is 35.5. The van der Waals surface area contributed by atoms with E-state index in [0.29, 0.717) is 4.57 Å². The van der Waals surface area contributed by atoms with Crippen LogP contribution in [-0.2, 0) is 17.9 Å². The third-order valence-electron chi connectivity index (χ3n) is 3.21. The first kappa shape index (κ1) is 17.4. The van der Waals surface area contributed by atoms with Crippen LogP contribution in [0.3, 0.4) is 0 Å². The zero-order valence-electron chi connectivity index (χ0n) is 12.5. The summed E-state index contributed by atoms with van der Waals surface area (Å²) in [5.41, 5.74) is -1.66. The van der Waals surface area contributed by atoms with Crippen LogP contribution in [0.15, 0.2) is 34.0 Å². The summed E-state index contributed by atoms with van der Waals surface area (Å²) in [6.45, 7) is 1.30. The van der Waals surface area contributed by atoms with E-state index in [9.17, 15) is 18.8 Å². The molecule has 0 aliphatic heterocycles. The van der Waals surface area contributed by atoms with Gasteiger partial charge in [0.15, 0.2) is 0 Å². The molecular formula is C15H12ClFN4O3. The normalized spacial score (nSPS) is 10.2. The lowest BCUT2D eigenvalue weighted by molar-refractivity contribution is -0.116. The number of halogens is 2. The molecule has 0 atom stereocenters. The number of carbonyl (C=O) groups excluding carboxylic acids is 1. The van der Waals surface area contributed by atoms with Crippen LogP contribution in [0.1, 0.15) is 12.5 Å². The fourth-order valence-electron chi connectivity index (χ4n) is 2.02. The molecular weight excluding hydrogens is 339 g/mol. The van der Waals surface area contributed by atoms with Gasteiger partial charge in [0.25, 0.3) is 5.56 Å². The molecule has 124 valence electrons. The molecule has 0 fully saturated rings. The molecule has 24 heavy (non-hydrogen) atoms. The van der Waals surface area contributed by atoms with Crippen LogP contribution < -0.4 is 16.6 Å². The molecule has 0 spiro atoms. The van der Waals surface area contributed by atoms with Gasteiger partial charge in [0.05, 0.1) is 10.7 Å². The van der Waals surface area contributed by atoms with E-state index in [-0.39, 0.29) is 22.8 Å². The molecule has 0 radical (unpaired) electrons. The number of nitriles is 1. The van der Waals surface area contributed by atoms with Crippen molar-refractivity contribution in [2.45, 2.75) is 20.0 Å². The molecule has 1 N–H and O–H groups in total. The van der Waals surface area contributed by atoms with Gasteiger partial charge in [-0.05, 0) is 25.1 Å². The van der Waals surface area contributed by atoms with Gasteiger partial charge in [0.1, 0.15) is 24.0 Å². The predicted octanol–water partition coefficient (Wildman–Crippen LogP) is 1.33. The van der Waals surface area contributed by atoms with Crippen LogP contribution in [-0.4, -0.2) is 15.0 Å². The Labute approximate surface area is 140 Å². The summed E-state index contributed by atoms with van der Waals surface area (Å²) in [5, 5.41) is 11.3. The van der Waals surface area contributed by atoms with Crippen molar-refractivity contribution in [3.05, 3.63) is 61.6 Å². The monoisotopic (exact) mass is 350 g/mol. The molecule has 9 heteroatoms. The third-order valence-corrected chi connectivity index (χ3v) is 3.52. The average molecular weight is 351 g/mol. The number of amides is 1. The molecule has 2 rings (SSSR count). The molecule has 1 amide bonds. The summed E-state index contributed by atoms with van der Waals surface area (Å²) < 4.78 is 14.8. The van der Waals surface area contributed by atoms with E-state index in [2.05, 4.69) is 5.32 Å². The van der Waals surface area contributed by atoms with E-state index in [1.54, 1.807) is 13.0 Å². The maximum atomic E-state index is 13.0. The number of anilines is 1. The SMILES string of the molecule is CCn1cc(C#N)c(=O)n(CC(=O)Nc2ccc(F)cc2Cl)c1=O. The molecule has 1 aromatic heterocycles. The van der Waals surface area contributed by atoms with E-state index in [1.165, 1.54) is 6.07 Å². The van der Waals surface area contributed by atoms with Crippen molar-refractivity contribution in [3.8, 4) is 6.07 Å². The fourth-order valence-corrected chi connectivity index (χ4v) is 2.23. The van der Waals surface area contributed by atoms with Crippen LogP contribution in [0.25, 0.3) is 0 Å². The molecule has 2 aromatic rings. The summed E-state index contributed by atoms with van der Waals surface area (Å²) in [4.78, 5) is 36.3. The van der Waals surface area contributed by atoms with Gasteiger partial charge in [-0.3, -0.25) is 14.2 Å². The number of benzene rings is 1. The topological polar surface area (TPSA) is 96.9 Å². The van der Waals surface area contributed by atoms with E-state index in [4.69, 9.17) is 16.9 Å². The van der Waals surface area contributed by atoms with Gasteiger partial charge < -0.3 is 5.32 Å². The zero-order valence-corrected chi connectivity index (χ0v) is 13.3. The van der Waals surface area contributed by atoms with Crippen molar-refractivity contribution in [1.82, 2.24) is 9.13 Å². The molecule has 1 heterocycles. The standard InChI is InChI=1S/C15H12ClFN4O3/c1-2-20-7-9(6-18)14(23)21(15(20)24)8-13(22)19-12-4-3-10(17)5-11(12)16/h3-5,7H,2,8H2,1H3,(H,19,22). The minimum Gasteiger partial charge on any atom is -0.323 e. The summed E-state index contributed by atoms with van der Waals surface area (Å²) in [6, 6.07) is 5.07. The lowest BCUT2D eigenvalue weighted by Crippen LogP contribution is -2.43. The summed E-state index contributed by atoms with van der Waals surface area (Å²) in [7, 11) is 0. The maximum absolute atomic E-state index is 13.0. The molecule has 0 saturated heterocycles. The van der Waals surface area contributed by atoms with Gasteiger partial charge in [-0.2, -0.15) is 5.26 Å². The summed E-state index contributed by atoms with van der Waals surface area (Å²) in [6.07, 6.45) is 1.15.